The summed E-state index contributed by atoms with van der Waals surface area (Å²) in [7, 11) is 1.55. The summed E-state index contributed by atoms with van der Waals surface area (Å²) in [5, 5.41) is 15.8. The molecule has 0 aromatic carbocycles. The van der Waals surface area contributed by atoms with E-state index in [0.29, 0.717) is 31.9 Å². The third-order valence-electron chi connectivity index (χ3n) is 2.14. The van der Waals surface area contributed by atoms with Crippen molar-refractivity contribution < 1.29 is 24.5 Å². The number of aromatic amines is 1. The predicted octanol–water partition coefficient (Wildman–Crippen LogP) is -0.532. The molecule has 8 heteroatoms. The number of nitrogens with zero attached hydrogens (tertiary/aromatic N) is 2. The summed E-state index contributed by atoms with van der Waals surface area (Å²) in [4.78, 5) is 28.6. The van der Waals surface area contributed by atoms with E-state index >= 15 is 0 Å². The van der Waals surface area contributed by atoms with E-state index in [-0.39, 0.29) is 19.0 Å². The zero-order valence-corrected chi connectivity index (χ0v) is 10.8. The predicted molar refractivity (Wildman–Crippen MR) is 66.3 cm³/mol. The van der Waals surface area contributed by atoms with E-state index in [1.165, 1.54) is 0 Å². The zero-order chi connectivity index (χ0) is 14.5. The molecule has 1 aromatic heterocycles. The molecule has 108 valence electrons. The van der Waals surface area contributed by atoms with Crippen LogP contribution in [-0.2, 0) is 20.9 Å². The van der Waals surface area contributed by atoms with Gasteiger partial charge in [-0.15, -0.1) is 0 Å². The van der Waals surface area contributed by atoms with Gasteiger partial charge < -0.3 is 24.8 Å². The van der Waals surface area contributed by atoms with Crippen LogP contribution in [0.15, 0.2) is 12.4 Å². The number of aliphatic hydroxyl groups is 1. The van der Waals surface area contributed by atoms with Gasteiger partial charge in [0.25, 0.3) is 6.47 Å². The Bertz CT molecular complexity index is 342. The van der Waals surface area contributed by atoms with Crippen molar-refractivity contribution in [2.75, 3.05) is 26.9 Å². The van der Waals surface area contributed by atoms with Gasteiger partial charge in [-0.1, -0.05) is 0 Å². The first-order valence-corrected chi connectivity index (χ1v) is 5.63. The van der Waals surface area contributed by atoms with Crippen LogP contribution in [-0.4, -0.2) is 64.3 Å². The van der Waals surface area contributed by atoms with Crippen LogP contribution in [0.3, 0.4) is 0 Å². The lowest BCUT2D eigenvalue weighted by Crippen LogP contribution is -2.34. The Labute approximate surface area is 111 Å². The molecule has 1 rings (SSSR count). The summed E-state index contributed by atoms with van der Waals surface area (Å²) in [6.07, 6.45) is 3.65. The summed E-state index contributed by atoms with van der Waals surface area (Å²) in [5.74, 6) is 0.659. The zero-order valence-electron chi connectivity index (χ0n) is 10.8. The normalized spacial score (nSPS) is 9.37. The maximum Gasteiger partial charge on any atom is 0.290 e. The number of aliphatic hydroxyl groups excluding tert-OH is 1. The summed E-state index contributed by atoms with van der Waals surface area (Å²) in [6, 6.07) is 0. The van der Waals surface area contributed by atoms with Gasteiger partial charge in [0.15, 0.2) is 0 Å². The number of aromatic nitrogens is 2. The molecule has 8 nitrogen and oxygen atoms in total. The minimum absolute atomic E-state index is 0.0488. The van der Waals surface area contributed by atoms with E-state index in [9.17, 15) is 4.79 Å². The molecule has 0 saturated heterocycles. The van der Waals surface area contributed by atoms with Crippen molar-refractivity contribution in [2.24, 2.45) is 0 Å². The number of ether oxygens (including phenoxy) is 1. The van der Waals surface area contributed by atoms with E-state index in [0.717, 1.165) is 0 Å². The van der Waals surface area contributed by atoms with Crippen LogP contribution >= 0.6 is 0 Å². The number of carbonyl (C=O) groups excluding carboxylic acids is 1. The van der Waals surface area contributed by atoms with E-state index in [1.807, 2.05) is 0 Å². The fourth-order valence-electron chi connectivity index (χ4n) is 1.33. The second kappa shape index (κ2) is 11.2. The summed E-state index contributed by atoms with van der Waals surface area (Å²) >= 11 is 0. The molecule has 0 aliphatic rings. The molecule has 1 aromatic rings. The highest BCUT2D eigenvalue weighted by molar-refractivity contribution is 5.76. The second-order valence-electron chi connectivity index (χ2n) is 3.42. The summed E-state index contributed by atoms with van der Waals surface area (Å²) < 4.78 is 4.84. The number of methoxy groups -OCH3 is 1. The lowest BCUT2D eigenvalue weighted by atomic mass is 10.3. The molecule has 0 spiro atoms. The first-order valence-electron chi connectivity index (χ1n) is 5.63. The standard InChI is InChI=1S/C10H17N3O3.CH2O2/c1-16-7-2-10(15)13(5-6-14)8-9-11-3-4-12-9;2-1-3/h3-4,14H,2,5-8H2,1H3,(H,11,12);1H,(H,2,3). The largest absolute Gasteiger partial charge is 0.483 e. The molecule has 0 aliphatic heterocycles. The van der Waals surface area contributed by atoms with Crippen LogP contribution in [0.1, 0.15) is 12.2 Å². The average Bonchev–Trinajstić information content (AvgIpc) is 2.89. The number of carboxylic acid groups (broad SMARTS) is 1. The Morgan fingerprint density at radius 2 is 2.32 bits per heavy atom. The van der Waals surface area contributed by atoms with Crippen molar-refractivity contribution in [1.29, 1.82) is 0 Å². The SMILES string of the molecule is COCCC(=O)N(CCO)Cc1ncc[nH]1.O=CO. The van der Waals surface area contributed by atoms with E-state index < -0.39 is 0 Å². The van der Waals surface area contributed by atoms with Crippen LogP contribution in [0.4, 0.5) is 0 Å². The molecule has 1 heterocycles. The molecular weight excluding hydrogens is 254 g/mol. The van der Waals surface area contributed by atoms with Crippen LogP contribution in [0.5, 0.6) is 0 Å². The fourth-order valence-corrected chi connectivity index (χ4v) is 1.33. The van der Waals surface area contributed by atoms with Gasteiger partial charge in [0.05, 0.1) is 26.2 Å². The second-order valence-corrected chi connectivity index (χ2v) is 3.42. The van der Waals surface area contributed by atoms with E-state index in [4.69, 9.17) is 19.7 Å². The first-order chi connectivity index (χ1) is 9.19. The highest BCUT2D eigenvalue weighted by atomic mass is 16.5. The van der Waals surface area contributed by atoms with Gasteiger partial charge in [0, 0.05) is 26.0 Å². The molecule has 0 unspecified atom stereocenters. The molecule has 0 fully saturated rings. The van der Waals surface area contributed by atoms with Gasteiger partial charge in [-0.25, -0.2) is 4.98 Å². The smallest absolute Gasteiger partial charge is 0.290 e. The minimum Gasteiger partial charge on any atom is -0.483 e. The summed E-state index contributed by atoms with van der Waals surface area (Å²) in [6.45, 7) is 0.775. The lowest BCUT2D eigenvalue weighted by Gasteiger charge is -2.20. The van der Waals surface area contributed by atoms with Crippen molar-refractivity contribution in [3.05, 3.63) is 18.2 Å². The Kier molecular flexibility index (Phi) is 10.0. The van der Waals surface area contributed by atoms with Gasteiger partial charge >= 0.3 is 0 Å². The molecule has 0 aliphatic carbocycles. The number of amides is 1. The maximum absolute atomic E-state index is 11.7. The topological polar surface area (TPSA) is 116 Å². The Hall–Kier alpha value is -1.93. The number of nitrogens with one attached hydrogen (secondary N) is 1. The van der Waals surface area contributed by atoms with Crippen LogP contribution in [0.25, 0.3) is 0 Å². The van der Waals surface area contributed by atoms with Gasteiger partial charge in [0.2, 0.25) is 5.91 Å². The van der Waals surface area contributed by atoms with Crippen LogP contribution in [0.2, 0.25) is 0 Å². The highest BCUT2D eigenvalue weighted by Crippen LogP contribution is 2.01. The van der Waals surface area contributed by atoms with E-state index in [2.05, 4.69) is 9.97 Å². The van der Waals surface area contributed by atoms with Gasteiger partial charge in [-0.2, -0.15) is 0 Å². The van der Waals surface area contributed by atoms with Crippen molar-refractivity contribution >= 4 is 12.4 Å². The molecular formula is C11H19N3O5. The van der Waals surface area contributed by atoms with Crippen molar-refractivity contribution in [1.82, 2.24) is 14.9 Å². The molecule has 19 heavy (non-hydrogen) atoms. The van der Waals surface area contributed by atoms with Gasteiger partial charge in [0.1, 0.15) is 5.82 Å². The molecule has 0 radical (unpaired) electrons. The van der Waals surface area contributed by atoms with Crippen molar-refractivity contribution in [2.45, 2.75) is 13.0 Å². The monoisotopic (exact) mass is 273 g/mol. The number of hydrogen-bond donors (Lipinski definition) is 3. The molecule has 0 atom stereocenters. The molecule has 0 bridgehead atoms. The number of imidazole rings is 1. The lowest BCUT2D eigenvalue weighted by molar-refractivity contribution is -0.133. The summed E-state index contributed by atoms with van der Waals surface area (Å²) in [5.41, 5.74) is 0. The fraction of sp³-hybridized carbons (Fsp3) is 0.545. The average molecular weight is 273 g/mol. The molecule has 0 saturated carbocycles. The third kappa shape index (κ3) is 7.90. The quantitative estimate of drug-likeness (QED) is 0.575. The van der Waals surface area contributed by atoms with Gasteiger partial charge in [-0.3, -0.25) is 9.59 Å². The van der Waals surface area contributed by atoms with Gasteiger partial charge in [-0.05, 0) is 0 Å². The van der Waals surface area contributed by atoms with Crippen molar-refractivity contribution in [3.8, 4) is 0 Å². The Balaban J connectivity index is 0.000000982. The minimum atomic E-state index is -0.250. The highest BCUT2D eigenvalue weighted by Gasteiger charge is 2.13. The van der Waals surface area contributed by atoms with Crippen LogP contribution in [0, 0.1) is 0 Å². The molecule has 3 N–H and O–H groups in total. The molecule has 1 amide bonds. The van der Waals surface area contributed by atoms with Crippen molar-refractivity contribution in [3.63, 3.8) is 0 Å². The number of carbonyl (C=O) groups is 2. The maximum atomic E-state index is 11.7. The van der Waals surface area contributed by atoms with Crippen LogP contribution < -0.4 is 0 Å². The Morgan fingerprint density at radius 3 is 2.79 bits per heavy atom. The third-order valence-corrected chi connectivity index (χ3v) is 2.14. The van der Waals surface area contributed by atoms with E-state index in [1.54, 1.807) is 24.4 Å². The first kappa shape index (κ1) is 17.1. The number of H-pyrrole nitrogens is 1. The number of rotatable bonds is 7. The number of hydrogen-bond acceptors (Lipinski definition) is 5. The Morgan fingerprint density at radius 1 is 1.63 bits per heavy atom.